The van der Waals surface area contributed by atoms with Crippen LogP contribution in [0.15, 0.2) is 18.2 Å². The Morgan fingerprint density at radius 3 is 2.00 bits per heavy atom. The van der Waals surface area contributed by atoms with Gasteiger partial charge in [-0.15, -0.1) is 0 Å². The summed E-state index contributed by atoms with van der Waals surface area (Å²) in [5.74, 6) is -0.949. The second-order valence-electron chi connectivity index (χ2n) is 3.57. The van der Waals surface area contributed by atoms with Crippen LogP contribution in [0, 0.1) is 11.6 Å². The highest BCUT2D eigenvalue weighted by atomic mass is 19.1. The second-order valence-corrected chi connectivity index (χ2v) is 3.57. The lowest BCUT2D eigenvalue weighted by Crippen LogP contribution is -2.27. The van der Waals surface area contributed by atoms with Crippen LogP contribution in [0.3, 0.4) is 0 Å². The molecule has 0 aromatic heterocycles. The Morgan fingerprint density at radius 2 is 1.57 bits per heavy atom. The minimum atomic E-state index is -0.518. The third kappa shape index (κ3) is 2.51. The van der Waals surface area contributed by atoms with E-state index in [9.17, 15) is 8.78 Å². The summed E-state index contributed by atoms with van der Waals surface area (Å²) in [7, 11) is 1.83. The normalized spacial score (nSPS) is 15.2. The lowest BCUT2D eigenvalue weighted by Gasteiger charge is -2.19. The molecule has 1 nitrogen and oxygen atoms in total. The van der Waals surface area contributed by atoms with Crippen molar-refractivity contribution in [2.45, 2.75) is 25.8 Å². The molecule has 0 saturated heterocycles. The zero-order valence-corrected chi connectivity index (χ0v) is 8.64. The Morgan fingerprint density at radius 1 is 1.07 bits per heavy atom. The molecule has 2 unspecified atom stereocenters. The van der Waals surface area contributed by atoms with Crippen molar-refractivity contribution in [1.29, 1.82) is 0 Å². The SMILES string of the molecule is CNC(C)C(C)c1cc(F)cc(F)c1. The summed E-state index contributed by atoms with van der Waals surface area (Å²) in [5, 5.41) is 3.06. The maximum atomic E-state index is 12.9. The molecule has 0 radical (unpaired) electrons. The van der Waals surface area contributed by atoms with E-state index in [-0.39, 0.29) is 12.0 Å². The van der Waals surface area contributed by atoms with Crippen molar-refractivity contribution in [1.82, 2.24) is 5.32 Å². The molecule has 2 atom stereocenters. The fourth-order valence-corrected chi connectivity index (χ4v) is 1.38. The maximum absolute atomic E-state index is 12.9. The predicted molar refractivity (Wildman–Crippen MR) is 53.3 cm³/mol. The van der Waals surface area contributed by atoms with Gasteiger partial charge in [0.25, 0.3) is 0 Å². The fraction of sp³-hybridized carbons (Fsp3) is 0.455. The maximum Gasteiger partial charge on any atom is 0.126 e. The van der Waals surface area contributed by atoms with E-state index < -0.39 is 11.6 Å². The smallest absolute Gasteiger partial charge is 0.126 e. The number of likely N-dealkylation sites (N-methyl/N-ethyl adjacent to an activating group) is 1. The number of nitrogens with one attached hydrogen (secondary N) is 1. The topological polar surface area (TPSA) is 12.0 Å². The van der Waals surface area contributed by atoms with Crippen LogP contribution in [-0.2, 0) is 0 Å². The summed E-state index contributed by atoms with van der Waals surface area (Å²) in [6.07, 6.45) is 0. The monoisotopic (exact) mass is 199 g/mol. The molecule has 1 N–H and O–H groups in total. The van der Waals surface area contributed by atoms with Gasteiger partial charge in [-0.2, -0.15) is 0 Å². The average molecular weight is 199 g/mol. The zero-order chi connectivity index (χ0) is 10.7. The van der Waals surface area contributed by atoms with Gasteiger partial charge in [0.15, 0.2) is 0 Å². The summed E-state index contributed by atoms with van der Waals surface area (Å²) in [4.78, 5) is 0. The van der Waals surface area contributed by atoms with Crippen LogP contribution in [0.4, 0.5) is 8.78 Å². The van der Waals surface area contributed by atoms with Crippen LogP contribution in [0.5, 0.6) is 0 Å². The van der Waals surface area contributed by atoms with Crippen LogP contribution < -0.4 is 5.32 Å². The highest BCUT2D eigenvalue weighted by Crippen LogP contribution is 2.20. The summed E-state index contributed by atoms with van der Waals surface area (Å²) in [6, 6.07) is 3.83. The van der Waals surface area contributed by atoms with Crippen molar-refractivity contribution in [3.8, 4) is 0 Å². The molecule has 0 spiro atoms. The second kappa shape index (κ2) is 4.51. The van der Waals surface area contributed by atoms with E-state index in [0.717, 1.165) is 6.07 Å². The molecule has 1 aromatic rings. The van der Waals surface area contributed by atoms with Gasteiger partial charge in [0, 0.05) is 12.1 Å². The van der Waals surface area contributed by atoms with E-state index in [0.29, 0.717) is 5.56 Å². The molecule has 0 aliphatic carbocycles. The molecule has 0 aliphatic heterocycles. The van der Waals surface area contributed by atoms with E-state index >= 15 is 0 Å². The standard InChI is InChI=1S/C11H15F2N/c1-7(8(2)14-3)9-4-10(12)6-11(13)5-9/h4-8,14H,1-3H3. The molecule has 0 bridgehead atoms. The van der Waals surface area contributed by atoms with Crippen molar-refractivity contribution in [3.63, 3.8) is 0 Å². The van der Waals surface area contributed by atoms with E-state index in [1.54, 1.807) is 0 Å². The van der Waals surface area contributed by atoms with Crippen molar-refractivity contribution in [2.75, 3.05) is 7.05 Å². The van der Waals surface area contributed by atoms with Crippen molar-refractivity contribution < 1.29 is 8.78 Å². The van der Waals surface area contributed by atoms with Crippen molar-refractivity contribution >= 4 is 0 Å². The first kappa shape index (κ1) is 11.1. The molecule has 0 amide bonds. The van der Waals surface area contributed by atoms with Gasteiger partial charge in [-0.05, 0) is 37.6 Å². The van der Waals surface area contributed by atoms with Gasteiger partial charge in [-0.25, -0.2) is 8.78 Å². The third-order valence-electron chi connectivity index (χ3n) is 2.62. The van der Waals surface area contributed by atoms with Crippen LogP contribution in [0.2, 0.25) is 0 Å². The first-order valence-electron chi connectivity index (χ1n) is 4.68. The summed E-state index contributed by atoms with van der Waals surface area (Å²) in [5.41, 5.74) is 0.685. The molecule has 14 heavy (non-hydrogen) atoms. The number of hydrogen-bond donors (Lipinski definition) is 1. The molecule has 0 heterocycles. The molecular weight excluding hydrogens is 184 g/mol. The van der Waals surface area contributed by atoms with E-state index in [1.165, 1.54) is 12.1 Å². The van der Waals surface area contributed by atoms with Crippen LogP contribution in [0.25, 0.3) is 0 Å². The summed E-state index contributed by atoms with van der Waals surface area (Å²) >= 11 is 0. The van der Waals surface area contributed by atoms with E-state index in [2.05, 4.69) is 5.32 Å². The molecule has 78 valence electrons. The van der Waals surface area contributed by atoms with Crippen molar-refractivity contribution in [2.24, 2.45) is 0 Å². The van der Waals surface area contributed by atoms with Gasteiger partial charge in [0.05, 0.1) is 0 Å². The minimum absolute atomic E-state index is 0.0881. The quantitative estimate of drug-likeness (QED) is 0.789. The van der Waals surface area contributed by atoms with Gasteiger partial charge in [-0.1, -0.05) is 6.92 Å². The Hall–Kier alpha value is -0.960. The number of rotatable bonds is 3. The van der Waals surface area contributed by atoms with E-state index in [1.807, 2.05) is 20.9 Å². The molecule has 0 saturated carbocycles. The minimum Gasteiger partial charge on any atom is -0.317 e. The van der Waals surface area contributed by atoms with Gasteiger partial charge >= 0.3 is 0 Å². The number of hydrogen-bond acceptors (Lipinski definition) is 1. The summed E-state index contributed by atoms with van der Waals surface area (Å²) in [6.45, 7) is 3.92. The molecule has 0 fully saturated rings. The lowest BCUT2D eigenvalue weighted by molar-refractivity contribution is 0.513. The first-order valence-corrected chi connectivity index (χ1v) is 4.68. The predicted octanol–water partition coefficient (Wildman–Crippen LogP) is 2.68. The van der Waals surface area contributed by atoms with E-state index in [4.69, 9.17) is 0 Å². The van der Waals surface area contributed by atoms with Crippen LogP contribution in [0.1, 0.15) is 25.3 Å². The molecule has 0 aliphatic rings. The Bertz CT molecular complexity index is 292. The van der Waals surface area contributed by atoms with Crippen LogP contribution >= 0.6 is 0 Å². The average Bonchev–Trinajstić information content (AvgIpc) is 2.14. The largest absolute Gasteiger partial charge is 0.317 e. The van der Waals surface area contributed by atoms with Crippen molar-refractivity contribution in [3.05, 3.63) is 35.4 Å². The number of halogens is 2. The highest BCUT2D eigenvalue weighted by Gasteiger charge is 2.14. The van der Waals surface area contributed by atoms with Gasteiger partial charge in [-0.3, -0.25) is 0 Å². The van der Waals surface area contributed by atoms with Gasteiger partial charge < -0.3 is 5.32 Å². The molecule has 3 heteroatoms. The third-order valence-corrected chi connectivity index (χ3v) is 2.62. The summed E-state index contributed by atoms with van der Waals surface area (Å²) < 4.78 is 25.8. The lowest BCUT2D eigenvalue weighted by atomic mass is 9.94. The zero-order valence-electron chi connectivity index (χ0n) is 8.64. The Balaban J connectivity index is 2.94. The molecular formula is C11H15F2N. The first-order chi connectivity index (χ1) is 6.54. The van der Waals surface area contributed by atoms with Crippen LogP contribution in [-0.4, -0.2) is 13.1 Å². The number of benzene rings is 1. The van der Waals surface area contributed by atoms with Gasteiger partial charge in [0.2, 0.25) is 0 Å². The Kier molecular flexibility index (Phi) is 3.58. The fourth-order valence-electron chi connectivity index (χ4n) is 1.38. The molecule has 1 rings (SSSR count). The highest BCUT2D eigenvalue weighted by molar-refractivity contribution is 5.22. The molecule has 1 aromatic carbocycles. The van der Waals surface area contributed by atoms with Gasteiger partial charge in [0.1, 0.15) is 11.6 Å². The Labute approximate surface area is 83.1 Å².